The maximum atomic E-state index is 13.0. The molecule has 0 radical (unpaired) electrons. The first kappa shape index (κ1) is 30.0. The van der Waals surface area contributed by atoms with Gasteiger partial charge in [-0.1, -0.05) is 0 Å². The maximum absolute atomic E-state index is 13.0. The molecule has 0 saturated carbocycles. The highest BCUT2D eigenvalue weighted by atomic mass is 32.2. The summed E-state index contributed by atoms with van der Waals surface area (Å²) >= 11 is 1.39. The average molecular weight is 518 g/mol. The van der Waals surface area contributed by atoms with Crippen LogP contribution < -0.4 is 32.7 Å². The number of nitrogens with zero attached hydrogens (tertiary/aromatic N) is 1. The molecule has 198 valence electrons. The van der Waals surface area contributed by atoms with Gasteiger partial charge in [-0.3, -0.25) is 24.2 Å². The van der Waals surface area contributed by atoms with Crippen LogP contribution in [0.2, 0.25) is 0 Å². The first-order chi connectivity index (χ1) is 16.5. The minimum absolute atomic E-state index is 0.119. The van der Waals surface area contributed by atoms with E-state index in [-0.39, 0.29) is 25.3 Å². The summed E-state index contributed by atoms with van der Waals surface area (Å²) in [4.78, 5) is 64.8. The van der Waals surface area contributed by atoms with Gasteiger partial charge in [0.05, 0.1) is 12.5 Å². The minimum Gasteiger partial charge on any atom is -0.481 e. The quantitative estimate of drug-likeness (QED) is 0.0607. The van der Waals surface area contributed by atoms with Crippen molar-refractivity contribution < 1.29 is 34.2 Å². The van der Waals surface area contributed by atoms with Crippen LogP contribution in [-0.2, 0) is 24.0 Å². The molecule has 4 unspecified atom stereocenters. The molecule has 0 spiro atoms. The number of guanidine groups is 1. The molecule has 1 aliphatic heterocycles. The van der Waals surface area contributed by atoms with E-state index < -0.39 is 60.2 Å². The summed E-state index contributed by atoms with van der Waals surface area (Å²) in [5, 5.41) is 28.8. The normalized spacial score (nSPS) is 17.5. The number of aliphatic carboxylic acids is 2. The second kappa shape index (κ2) is 15.8. The summed E-state index contributed by atoms with van der Waals surface area (Å²) in [5.41, 5.74) is 10.6. The Bertz CT molecular complexity index is 786. The largest absolute Gasteiger partial charge is 0.481 e. The van der Waals surface area contributed by atoms with Gasteiger partial charge in [0.25, 0.3) is 0 Å². The summed E-state index contributed by atoms with van der Waals surface area (Å²) in [5.74, 6) is -4.45. The molecule has 4 atom stereocenters. The van der Waals surface area contributed by atoms with Gasteiger partial charge in [-0.2, -0.15) is 11.8 Å². The predicted octanol–water partition coefficient (Wildman–Crippen LogP) is -2.44. The van der Waals surface area contributed by atoms with E-state index in [9.17, 15) is 34.2 Å². The van der Waals surface area contributed by atoms with Crippen LogP contribution in [0, 0.1) is 0 Å². The molecule has 15 heteroatoms. The van der Waals surface area contributed by atoms with Crippen LogP contribution in [0.4, 0.5) is 0 Å². The van der Waals surface area contributed by atoms with Crippen molar-refractivity contribution in [3.05, 3.63) is 0 Å². The Morgan fingerprint density at radius 3 is 2.23 bits per heavy atom. The Kier molecular flexibility index (Phi) is 13.5. The number of carbonyl (C=O) groups is 5. The molecule has 10 N–H and O–H groups in total. The zero-order valence-corrected chi connectivity index (χ0v) is 20.4. The van der Waals surface area contributed by atoms with Gasteiger partial charge in [-0.15, -0.1) is 0 Å². The SMILES string of the molecule is CSCCC(NC(=O)C(CC(=O)O)NC(=O)C(CCCN=C(N)N)NC(=O)C1CCCN1)C(=O)O. The van der Waals surface area contributed by atoms with Crippen molar-refractivity contribution in [2.24, 2.45) is 16.5 Å². The zero-order chi connectivity index (χ0) is 26.4. The van der Waals surface area contributed by atoms with Crippen LogP contribution in [0.15, 0.2) is 4.99 Å². The maximum Gasteiger partial charge on any atom is 0.326 e. The van der Waals surface area contributed by atoms with Gasteiger partial charge in [0.15, 0.2) is 5.96 Å². The van der Waals surface area contributed by atoms with Crippen molar-refractivity contribution in [3.63, 3.8) is 0 Å². The lowest BCUT2D eigenvalue weighted by Gasteiger charge is -2.24. The summed E-state index contributed by atoms with van der Waals surface area (Å²) in [6.45, 7) is 0.861. The highest BCUT2D eigenvalue weighted by Crippen LogP contribution is 2.08. The highest BCUT2D eigenvalue weighted by Gasteiger charge is 2.32. The van der Waals surface area contributed by atoms with Gasteiger partial charge in [0.1, 0.15) is 18.1 Å². The summed E-state index contributed by atoms with van der Waals surface area (Å²) in [7, 11) is 0. The van der Waals surface area contributed by atoms with Crippen LogP contribution in [0.25, 0.3) is 0 Å². The van der Waals surface area contributed by atoms with Crippen molar-refractivity contribution in [1.29, 1.82) is 0 Å². The predicted molar refractivity (Wildman–Crippen MR) is 130 cm³/mol. The lowest BCUT2D eigenvalue weighted by molar-refractivity contribution is -0.143. The number of aliphatic imine (C=N–C) groups is 1. The summed E-state index contributed by atoms with van der Waals surface area (Å²) in [6.07, 6.45) is 2.97. The second-order valence-corrected chi connectivity index (χ2v) is 8.98. The topological polar surface area (TPSA) is 238 Å². The second-order valence-electron chi connectivity index (χ2n) is 8.00. The van der Waals surface area contributed by atoms with Crippen molar-refractivity contribution in [3.8, 4) is 0 Å². The molecule has 0 aliphatic carbocycles. The molecule has 0 aromatic carbocycles. The summed E-state index contributed by atoms with van der Waals surface area (Å²) < 4.78 is 0. The number of nitrogens with one attached hydrogen (secondary N) is 4. The molecule has 3 amide bonds. The molecule has 1 fully saturated rings. The molecule has 1 aliphatic rings. The molecule has 1 heterocycles. The lowest BCUT2D eigenvalue weighted by Crippen LogP contribution is -2.57. The number of carbonyl (C=O) groups excluding carboxylic acids is 3. The number of hydrogen-bond donors (Lipinski definition) is 8. The minimum atomic E-state index is -1.54. The third-order valence-corrected chi connectivity index (χ3v) is 5.84. The molecular weight excluding hydrogens is 482 g/mol. The molecule has 14 nitrogen and oxygen atoms in total. The van der Waals surface area contributed by atoms with E-state index in [0.29, 0.717) is 25.1 Å². The third-order valence-electron chi connectivity index (χ3n) is 5.19. The summed E-state index contributed by atoms with van der Waals surface area (Å²) in [6, 6.07) is -4.34. The van der Waals surface area contributed by atoms with Crippen molar-refractivity contribution in [2.45, 2.75) is 62.7 Å². The van der Waals surface area contributed by atoms with E-state index >= 15 is 0 Å². The molecule has 0 aromatic heterocycles. The van der Waals surface area contributed by atoms with Gasteiger partial charge in [0, 0.05) is 6.54 Å². The van der Waals surface area contributed by atoms with E-state index in [1.54, 1.807) is 6.26 Å². The number of nitrogens with two attached hydrogens (primary N) is 2. The zero-order valence-electron chi connectivity index (χ0n) is 19.6. The number of hydrogen-bond acceptors (Lipinski definition) is 8. The molecule has 0 aromatic rings. The Morgan fingerprint density at radius 1 is 1.03 bits per heavy atom. The van der Waals surface area contributed by atoms with Crippen molar-refractivity contribution in [2.75, 3.05) is 25.1 Å². The fraction of sp³-hybridized carbons (Fsp3) is 0.700. The van der Waals surface area contributed by atoms with E-state index in [1.807, 2.05) is 0 Å². The number of thioether (sulfide) groups is 1. The van der Waals surface area contributed by atoms with Crippen LogP contribution in [-0.4, -0.2) is 95.1 Å². The van der Waals surface area contributed by atoms with E-state index in [4.69, 9.17) is 11.5 Å². The van der Waals surface area contributed by atoms with Crippen LogP contribution >= 0.6 is 11.8 Å². The smallest absolute Gasteiger partial charge is 0.326 e. The number of rotatable bonds is 16. The monoisotopic (exact) mass is 517 g/mol. The average Bonchev–Trinajstić information content (AvgIpc) is 3.32. The molecule has 1 rings (SSSR count). The standard InChI is InChI=1S/C20H35N7O7S/c1-35-9-6-13(19(33)34)26-18(32)14(10-15(28)29)27-17(31)12(5-3-8-24-20(21)22)25-16(30)11-4-2-7-23-11/h11-14,23H,2-10H2,1H3,(H,25,30)(H,26,32)(H,27,31)(H,28,29)(H,33,34)(H4,21,22,24). The fourth-order valence-electron chi connectivity index (χ4n) is 3.37. The Balaban J connectivity index is 2.94. The lowest BCUT2D eigenvalue weighted by atomic mass is 10.1. The highest BCUT2D eigenvalue weighted by molar-refractivity contribution is 7.98. The van der Waals surface area contributed by atoms with Crippen LogP contribution in [0.5, 0.6) is 0 Å². The molecule has 0 bridgehead atoms. The molecule has 35 heavy (non-hydrogen) atoms. The molecular formula is C20H35N7O7S. The van der Waals surface area contributed by atoms with E-state index in [0.717, 1.165) is 6.42 Å². The first-order valence-corrected chi connectivity index (χ1v) is 12.6. The first-order valence-electron chi connectivity index (χ1n) is 11.2. The third kappa shape index (κ3) is 11.8. The number of carboxylic acid groups (broad SMARTS) is 2. The molecule has 1 saturated heterocycles. The van der Waals surface area contributed by atoms with Gasteiger partial charge in [-0.25, -0.2) is 4.79 Å². The van der Waals surface area contributed by atoms with Crippen molar-refractivity contribution in [1.82, 2.24) is 21.3 Å². The van der Waals surface area contributed by atoms with E-state index in [1.165, 1.54) is 11.8 Å². The van der Waals surface area contributed by atoms with Crippen molar-refractivity contribution >= 4 is 47.4 Å². The Hall–Kier alpha value is -3.07. The van der Waals surface area contributed by atoms with Crippen LogP contribution in [0.3, 0.4) is 0 Å². The Morgan fingerprint density at radius 2 is 1.69 bits per heavy atom. The van der Waals surface area contributed by atoms with Gasteiger partial charge in [0.2, 0.25) is 17.7 Å². The Labute approximate surface area is 207 Å². The number of amides is 3. The van der Waals surface area contributed by atoms with Gasteiger partial charge < -0.3 is 42.9 Å². The van der Waals surface area contributed by atoms with E-state index in [2.05, 4.69) is 26.3 Å². The van der Waals surface area contributed by atoms with Gasteiger partial charge >= 0.3 is 11.9 Å². The number of carboxylic acids is 2. The fourth-order valence-corrected chi connectivity index (χ4v) is 3.85. The van der Waals surface area contributed by atoms with Crippen LogP contribution in [0.1, 0.15) is 38.5 Å². The van der Waals surface area contributed by atoms with Gasteiger partial charge in [-0.05, 0) is 50.7 Å².